The summed E-state index contributed by atoms with van der Waals surface area (Å²) < 4.78 is 0. The number of hydrogen-bond donors (Lipinski definition) is 1. The maximum Gasteiger partial charge on any atom is 0.0733 e. The minimum atomic E-state index is 0.813. The van der Waals surface area contributed by atoms with Crippen molar-refractivity contribution in [2.75, 3.05) is 13.1 Å². The molecule has 3 rings (SSSR count). The van der Waals surface area contributed by atoms with E-state index in [1.807, 2.05) is 12.3 Å². The normalized spacial score (nSPS) is 20.8. The van der Waals surface area contributed by atoms with Crippen LogP contribution in [0.15, 0.2) is 36.5 Å². The van der Waals surface area contributed by atoms with E-state index in [9.17, 15) is 0 Å². The van der Waals surface area contributed by atoms with Gasteiger partial charge in [0.15, 0.2) is 0 Å². The SMILES string of the molecule is c1cnc2c(C[C@@H]3CCCNCC3)cccc2c1. The highest BCUT2D eigenvalue weighted by Crippen LogP contribution is 2.23. The summed E-state index contributed by atoms with van der Waals surface area (Å²) in [4.78, 5) is 4.55. The van der Waals surface area contributed by atoms with Crippen molar-refractivity contribution in [2.45, 2.75) is 25.7 Å². The molecule has 18 heavy (non-hydrogen) atoms. The van der Waals surface area contributed by atoms with Crippen LogP contribution in [-0.4, -0.2) is 18.1 Å². The van der Waals surface area contributed by atoms with Crippen molar-refractivity contribution in [1.82, 2.24) is 10.3 Å². The van der Waals surface area contributed by atoms with Gasteiger partial charge in [-0.3, -0.25) is 4.98 Å². The Morgan fingerprint density at radius 2 is 2.06 bits per heavy atom. The Balaban J connectivity index is 1.85. The summed E-state index contributed by atoms with van der Waals surface area (Å²) in [7, 11) is 0. The Hall–Kier alpha value is -1.41. The number of rotatable bonds is 2. The van der Waals surface area contributed by atoms with Gasteiger partial charge in [0.2, 0.25) is 0 Å². The Labute approximate surface area is 108 Å². The molecule has 2 nitrogen and oxygen atoms in total. The molecule has 0 saturated carbocycles. The van der Waals surface area contributed by atoms with Crippen molar-refractivity contribution in [3.63, 3.8) is 0 Å². The van der Waals surface area contributed by atoms with Crippen molar-refractivity contribution in [3.05, 3.63) is 42.1 Å². The molecule has 1 aromatic heterocycles. The second-order valence-corrected chi connectivity index (χ2v) is 5.24. The topological polar surface area (TPSA) is 24.9 Å². The Kier molecular flexibility index (Phi) is 3.56. The molecule has 0 aliphatic carbocycles. The minimum absolute atomic E-state index is 0.813. The first-order valence-corrected chi connectivity index (χ1v) is 6.97. The quantitative estimate of drug-likeness (QED) is 0.872. The van der Waals surface area contributed by atoms with E-state index in [0.29, 0.717) is 0 Å². The molecule has 2 heteroatoms. The third-order valence-electron chi connectivity index (χ3n) is 3.92. The van der Waals surface area contributed by atoms with Crippen LogP contribution in [0.4, 0.5) is 0 Å². The van der Waals surface area contributed by atoms with Crippen LogP contribution >= 0.6 is 0 Å². The second kappa shape index (κ2) is 5.49. The van der Waals surface area contributed by atoms with Crippen LogP contribution in [0, 0.1) is 5.92 Å². The first kappa shape index (κ1) is 11.7. The van der Waals surface area contributed by atoms with Crippen molar-refractivity contribution in [3.8, 4) is 0 Å². The van der Waals surface area contributed by atoms with Gasteiger partial charge in [-0.1, -0.05) is 24.3 Å². The molecule has 1 atom stereocenters. The molecule has 1 fully saturated rings. The van der Waals surface area contributed by atoms with Crippen LogP contribution in [0.5, 0.6) is 0 Å². The van der Waals surface area contributed by atoms with Crippen LogP contribution in [0.2, 0.25) is 0 Å². The van der Waals surface area contributed by atoms with E-state index < -0.39 is 0 Å². The molecule has 0 spiro atoms. The average Bonchev–Trinajstić information content (AvgIpc) is 2.68. The third-order valence-corrected chi connectivity index (χ3v) is 3.92. The first-order chi connectivity index (χ1) is 8.93. The van der Waals surface area contributed by atoms with E-state index in [1.165, 1.54) is 55.2 Å². The molecule has 1 N–H and O–H groups in total. The second-order valence-electron chi connectivity index (χ2n) is 5.24. The lowest BCUT2D eigenvalue weighted by molar-refractivity contribution is 0.471. The Morgan fingerprint density at radius 3 is 3.06 bits per heavy atom. The van der Waals surface area contributed by atoms with Crippen LogP contribution in [0.1, 0.15) is 24.8 Å². The van der Waals surface area contributed by atoms with Gasteiger partial charge >= 0.3 is 0 Å². The van der Waals surface area contributed by atoms with Gasteiger partial charge in [0, 0.05) is 11.6 Å². The predicted molar refractivity (Wildman–Crippen MR) is 75.7 cm³/mol. The molecular formula is C16H20N2. The lowest BCUT2D eigenvalue weighted by Gasteiger charge is -2.14. The summed E-state index contributed by atoms with van der Waals surface area (Å²) >= 11 is 0. The standard InChI is InChI=1S/C16H20N2/c1-5-14-7-3-10-18-16(14)15(6-1)12-13-4-2-9-17-11-8-13/h1,3,5-7,10,13,17H,2,4,8-9,11-12H2/t13-/m1/s1. The fraction of sp³-hybridized carbons (Fsp3) is 0.438. The summed E-state index contributed by atoms with van der Waals surface area (Å²) in [5.74, 6) is 0.813. The summed E-state index contributed by atoms with van der Waals surface area (Å²) in [5, 5.41) is 4.75. The van der Waals surface area contributed by atoms with Gasteiger partial charge in [0.1, 0.15) is 0 Å². The van der Waals surface area contributed by atoms with E-state index in [-0.39, 0.29) is 0 Å². The van der Waals surface area contributed by atoms with Crippen LogP contribution < -0.4 is 5.32 Å². The monoisotopic (exact) mass is 240 g/mol. The van der Waals surface area contributed by atoms with Crippen molar-refractivity contribution < 1.29 is 0 Å². The van der Waals surface area contributed by atoms with Gasteiger partial charge < -0.3 is 5.32 Å². The molecule has 0 bridgehead atoms. The molecule has 94 valence electrons. The summed E-state index contributed by atoms with van der Waals surface area (Å²) in [6.45, 7) is 2.35. The molecule has 2 aromatic rings. The molecule has 2 heterocycles. The van der Waals surface area contributed by atoms with Crippen LogP contribution in [0.3, 0.4) is 0 Å². The number of nitrogens with zero attached hydrogens (tertiary/aromatic N) is 1. The molecule has 1 aliphatic rings. The molecule has 0 radical (unpaired) electrons. The average molecular weight is 240 g/mol. The van der Waals surface area contributed by atoms with Crippen LogP contribution in [0.25, 0.3) is 10.9 Å². The number of para-hydroxylation sites is 1. The van der Waals surface area contributed by atoms with Crippen molar-refractivity contribution in [2.24, 2.45) is 5.92 Å². The third kappa shape index (κ3) is 2.54. The number of pyridine rings is 1. The fourth-order valence-corrected chi connectivity index (χ4v) is 2.94. The van der Waals surface area contributed by atoms with Crippen molar-refractivity contribution in [1.29, 1.82) is 0 Å². The van der Waals surface area contributed by atoms with E-state index in [0.717, 1.165) is 5.92 Å². The molecular weight excluding hydrogens is 220 g/mol. The van der Waals surface area contributed by atoms with Gasteiger partial charge in [-0.2, -0.15) is 0 Å². The number of benzene rings is 1. The summed E-state index contributed by atoms with van der Waals surface area (Å²) in [5.41, 5.74) is 2.61. The zero-order valence-corrected chi connectivity index (χ0v) is 10.7. The molecule has 1 saturated heterocycles. The zero-order chi connectivity index (χ0) is 12.2. The lowest BCUT2D eigenvalue weighted by Crippen LogP contribution is -2.14. The maximum absolute atomic E-state index is 4.55. The predicted octanol–water partition coefficient (Wildman–Crippen LogP) is 3.17. The number of nitrogens with one attached hydrogen (secondary N) is 1. The fourth-order valence-electron chi connectivity index (χ4n) is 2.94. The maximum atomic E-state index is 4.55. The van der Waals surface area contributed by atoms with Crippen molar-refractivity contribution >= 4 is 10.9 Å². The highest BCUT2D eigenvalue weighted by molar-refractivity contribution is 5.81. The van der Waals surface area contributed by atoms with Gasteiger partial charge in [-0.05, 0) is 56.3 Å². The van der Waals surface area contributed by atoms with Gasteiger partial charge in [0.25, 0.3) is 0 Å². The first-order valence-electron chi connectivity index (χ1n) is 6.97. The smallest absolute Gasteiger partial charge is 0.0733 e. The molecule has 0 unspecified atom stereocenters. The van der Waals surface area contributed by atoms with E-state index >= 15 is 0 Å². The molecule has 1 aromatic carbocycles. The van der Waals surface area contributed by atoms with Gasteiger partial charge in [-0.15, -0.1) is 0 Å². The molecule has 0 amide bonds. The Morgan fingerprint density at radius 1 is 1.11 bits per heavy atom. The van der Waals surface area contributed by atoms with E-state index in [4.69, 9.17) is 0 Å². The minimum Gasteiger partial charge on any atom is -0.317 e. The van der Waals surface area contributed by atoms with Gasteiger partial charge in [0.05, 0.1) is 5.52 Å². The summed E-state index contributed by atoms with van der Waals surface area (Å²) in [6, 6.07) is 10.7. The zero-order valence-electron chi connectivity index (χ0n) is 10.7. The Bertz CT molecular complexity index is 508. The van der Waals surface area contributed by atoms with Crippen LogP contribution in [-0.2, 0) is 6.42 Å². The number of hydrogen-bond acceptors (Lipinski definition) is 2. The van der Waals surface area contributed by atoms with E-state index in [1.54, 1.807) is 0 Å². The molecule has 1 aliphatic heterocycles. The number of fused-ring (bicyclic) bond motifs is 1. The lowest BCUT2D eigenvalue weighted by atomic mass is 9.91. The van der Waals surface area contributed by atoms with E-state index in [2.05, 4.69) is 34.6 Å². The highest BCUT2D eigenvalue weighted by atomic mass is 14.8. The highest BCUT2D eigenvalue weighted by Gasteiger charge is 2.14. The summed E-state index contributed by atoms with van der Waals surface area (Å²) in [6.07, 6.45) is 7.03. The number of aromatic nitrogens is 1. The largest absolute Gasteiger partial charge is 0.317 e. The van der Waals surface area contributed by atoms with Gasteiger partial charge in [-0.25, -0.2) is 0 Å².